The summed E-state index contributed by atoms with van der Waals surface area (Å²) in [6, 6.07) is 14.1. The summed E-state index contributed by atoms with van der Waals surface area (Å²) in [5.74, 6) is 0.824. The first-order chi connectivity index (χ1) is 12.8. The van der Waals surface area contributed by atoms with Crippen molar-refractivity contribution in [3.05, 3.63) is 78.1 Å². The van der Waals surface area contributed by atoms with Gasteiger partial charge < -0.3 is 9.88 Å². The van der Waals surface area contributed by atoms with Crippen LogP contribution in [0.2, 0.25) is 0 Å². The number of carbonyl (C=O) groups is 1. The molecule has 1 N–H and O–H groups in total. The number of carbonyl (C=O) groups excluding carboxylic acids is 1. The molecule has 0 spiro atoms. The average molecular weight is 347 g/mol. The lowest BCUT2D eigenvalue weighted by atomic mass is 10.2. The highest BCUT2D eigenvalue weighted by molar-refractivity contribution is 6.02. The molecule has 0 fully saturated rings. The molecule has 4 rings (SSSR count). The lowest BCUT2D eigenvalue weighted by Crippen LogP contribution is -2.27. The third-order valence-corrected chi connectivity index (χ3v) is 4.63. The van der Waals surface area contributed by atoms with Gasteiger partial charge in [-0.15, -0.1) is 0 Å². The van der Waals surface area contributed by atoms with Gasteiger partial charge in [0.25, 0.3) is 5.91 Å². The van der Waals surface area contributed by atoms with E-state index in [4.69, 9.17) is 0 Å². The standard InChI is InChI=1S/C20H21N5O/c26-20(23-17-7-4-9-21-13-17)18-14-22-19-8-10-24(11-12-25(18)19)15-16-5-2-1-3-6-16/h1-7,9,13-14H,8,10-12,15H2,(H,23,26). The largest absolute Gasteiger partial charge is 0.323 e. The third kappa shape index (κ3) is 3.65. The fraction of sp³-hybridized carbons (Fsp3) is 0.250. The van der Waals surface area contributed by atoms with Crippen molar-refractivity contribution in [2.24, 2.45) is 0 Å². The van der Waals surface area contributed by atoms with Crippen LogP contribution in [-0.2, 0) is 19.5 Å². The summed E-state index contributed by atoms with van der Waals surface area (Å²) in [4.78, 5) is 23.5. The van der Waals surface area contributed by atoms with Crippen LogP contribution in [0.5, 0.6) is 0 Å². The topological polar surface area (TPSA) is 63.1 Å². The number of imidazole rings is 1. The van der Waals surface area contributed by atoms with Gasteiger partial charge in [0.2, 0.25) is 0 Å². The average Bonchev–Trinajstić information content (AvgIpc) is 2.99. The number of aromatic nitrogens is 3. The van der Waals surface area contributed by atoms with E-state index in [-0.39, 0.29) is 5.91 Å². The number of anilines is 1. The zero-order valence-corrected chi connectivity index (χ0v) is 14.5. The Morgan fingerprint density at radius 1 is 1.04 bits per heavy atom. The van der Waals surface area contributed by atoms with E-state index in [0.717, 1.165) is 38.4 Å². The number of pyridine rings is 1. The quantitative estimate of drug-likeness (QED) is 0.788. The van der Waals surface area contributed by atoms with E-state index in [0.29, 0.717) is 11.4 Å². The second kappa shape index (κ2) is 7.49. The van der Waals surface area contributed by atoms with Crippen molar-refractivity contribution in [3.63, 3.8) is 0 Å². The molecule has 0 unspecified atom stereocenters. The zero-order valence-electron chi connectivity index (χ0n) is 14.5. The molecule has 0 saturated heterocycles. The first kappa shape index (κ1) is 16.5. The minimum absolute atomic E-state index is 0.145. The van der Waals surface area contributed by atoms with E-state index in [2.05, 4.69) is 44.5 Å². The van der Waals surface area contributed by atoms with E-state index < -0.39 is 0 Å². The van der Waals surface area contributed by atoms with Crippen molar-refractivity contribution in [1.82, 2.24) is 19.4 Å². The Kier molecular flexibility index (Phi) is 4.75. The Labute approximate surface area is 152 Å². The van der Waals surface area contributed by atoms with E-state index in [9.17, 15) is 4.79 Å². The van der Waals surface area contributed by atoms with Crippen LogP contribution in [0.25, 0.3) is 0 Å². The maximum absolute atomic E-state index is 12.6. The highest BCUT2D eigenvalue weighted by Gasteiger charge is 2.21. The molecule has 0 bridgehead atoms. The molecular weight excluding hydrogens is 326 g/mol. The second-order valence-corrected chi connectivity index (χ2v) is 6.42. The van der Waals surface area contributed by atoms with Gasteiger partial charge in [-0.1, -0.05) is 30.3 Å². The van der Waals surface area contributed by atoms with Crippen LogP contribution in [-0.4, -0.2) is 38.4 Å². The summed E-state index contributed by atoms with van der Waals surface area (Å²) in [5.41, 5.74) is 2.60. The van der Waals surface area contributed by atoms with Crippen molar-refractivity contribution < 1.29 is 4.79 Å². The van der Waals surface area contributed by atoms with Crippen LogP contribution < -0.4 is 5.32 Å². The Balaban J connectivity index is 1.45. The van der Waals surface area contributed by atoms with Crippen LogP contribution in [0, 0.1) is 0 Å². The molecule has 0 saturated carbocycles. The number of nitrogens with one attached hydrogen (secondary N) is 1. The number of hydrogen-bond acceptors (Lipinski definition) is 4. The van der Waals surface area contributed by atoms with Gasteiger partial charge in [0, 0.05) is 38.8 Å². The maximum Gasteiger partial charge on any atom is 0.273 e. The van der Waals surface area contributed by atoms with E-state index in [1.807, 2.05) is 16.7 Å². The number of benzene rings is 1. The minimum Gasteiger partial charge on any atom is -0.323 e. The molecule has 1 aliphatic heterocycles. The van der Waals surface area contributed by atoms with E-state index >= 15 is 0 Å². The van der Waals surface area contributed by atoms with Crippen LogP contribution in [0.15, 0.2) is 61.1 Å². The highest BCUT2D eigenvalue weighted by Crippen LogP contribution is 2.15. The van der Waals surface area contributed by atoms with Crippen molar-refractivity contribution in [1.29, 1.82) is 0 Å². The number of hydrogen-bond donors (Lipinski definition) is 1. The number of rotatable bonds is 4. The molecule has 26 heavy (non-hydrogen) atoms. The molecule has 3 aromatic rings. The first-order valence-electron chi connectivity index (χ1n) is 8.81. The Bertz CT molecular complexity index is 876. The molecule has 0 atom stereocenters. The Morgan fingerprint density at radius 2 is 1.92 bits per heavy atom. The fourth-order valence-electron chi connectivity index (χ4n) is 3.29. The summed E-state index contributed by atoms with van der Waals surface area (Å²) in [6.07, 6.45) is 5.84. The number of nitrogens with zero attached hydrogens (tertiary/aromatic N) is 4. The highest BCUT2D eigenvalue weighted by atomic mass is 16.2. The summed E-state index contributed by atoms with van der Waals surface area (Å²) in [7, 11) is 0. The van der Waals surface area contributed by atoms with Crippen LogP contribution >= 0.6 is 0 Å². The summed E-state index contributed by atoms with van der Waals surface area (Å²) in [6.45, 7) is 3.52. The van der Waals surface area contributed by atoms with Gasteiger partial charge in [0.05, 0.1) is 18.1 Å². The van der Waals surface area contributed by atoms with Gasteiger partial charge in [-0.2, -0.15) is 0 Å². The molecule has 1 aromatic carbocycles. The van der Waals surface area contributed by atoms with Gasteiger partial charge >= 0.3 is 0 Å². The van der Waals surface area contributed by atoms with Gasteiger partial charge in [-0.25, -0.2) is 4.98 Å². The summed E-state index contributed by atoms with van der Waals surface area (Å²) >= 11 is 0. The Morgan fingerprint density at radius 3 is 2.73 bits per heavy atom. The predicted molar refractivity (Wildman–Crippen MR) is 99.8 cm³/mol. The molecule has 3 heterocycles. The SMILES string of the molecule is O=C(Nc1cccnc1)c1cnc2n1CCN(Cc1ccccc1)CC2. The third-order valence-electron chi connectivity index (χ3n) is 4.63. The minimum atomic E-state index is -0.145. The Hall–Kier alpha value is -2.99. The smallest absolute Gasteiger partial charge is 0.273 e. The van der Waals surface area contributed by atoms with Crippen LogP contribution in [0.1, 0.15) is 21.9 Å². The molecule has 6 nitrogen and oxygen atoms in total. The lowest BCUT2D eigenvalue weighted by Gasteiger charge is -2.19. The van der Waals surface area contributed by atoms with E-state index in [1.54, 1.807) is 24.7 Å². The molecule has 1 aliphatic rings. The van der Waals surface area contributed by atoms with Gasteiger partial charge in [-0.3, -0.25) is 14.7 Å². The van der Waals surface area contributed by atoms with Crippen LogP contribution in [0.3, 0.4) is 0 Å². The van der Waals surface area contributed by atoms with Gasteiger partial charge in [-0.05, 0) is 17.7 Å². The summed E-state index contributed by atoms with van der Waals surface area (Å²) < 4.78 is 2.04. The first-order valence-corrected chi connectivity index (χ1v) is 8.81. The van der Waals surface area contributed by atoms with Gasteiger partial charge in [0.1, 0.15) is 11.5 Å². The van der Waals surface area contributed by atoms with Crippen molar-refractivity contribution in [3.8, 4) is 0 Å². The maximum atomic E-state index is 12.6. The second-order valence-electron chi connectivity index (χ2n) is 6.42. The molecule has 1 amide bonds. The molecule has 0 radical (unpaired) electrons. The molecule has 6 heteroatoms. The van der Waals surface area contributed by atoms with Crippen molar-refractivity contribution >= 4 is 11.6 Å². The van der Waals surface area contributed by atoms with E-state index in [1.165, 1.54) is 5.56 Å². The van der Waals surface area contributed by atoms with Crippen molar-refractivity contribution in [2.45, 2.75) is 19.5 Å². The molecule has 0 aliphatic carbocycles. The van der Waals surface area contributed by atoms with Gasteiger partial charge in [0.15, 0.2) is 0 Å². The molecule has 2 aromatic heterocycles. The predicted octanol–water partition coefficient (Wildman–Crippen LogP) is 2.59. The van der Waals surface area contributed by atoms with Crippen molar-refractivity contribution in [2.75, 3.05) is 18.4 Å². The summed E-state index contributed by atoms with van der Waals surface area (Å²) in [5, 5.41) is 2.89. The number of fused-ring (bicyclic) bond motifs is 1. The monoisotopic (exact) mass is 347 g/mol. The number of amides is 1. The molecular formula is C20H21N5O. The van der Waals surface area contributed by atoms with Crippen LogP contribution in [0.4, 0.5) is 5.69 Å². The zero-order chi connectivity index (χ0) is 17.8. The normalized spacial score (nSPS) is 14.5. The fourth-order valence-corrected chi connectivity index (χ4v) is 3.29. The lowest BCUT2D eigenvalue weighted by molar-refractivity contribution is 0.101. The molecule has 132 valence electrons.